The zero-order chi connectivity index (χ0) is 18.0. The van der Waals surface area contributed by atoms with Crippen molar-refractivity contribution in [3.8, 4) is 5.75 Å². The van der Waals surface area contributed by atoms with Crippen LogP contribution < -0.4 is 10.1 Å². The number of ketones is 1. The Morgan fingerprint density at radius 3 is 2.42 bits per heavy atom. The quantitative estimate of drug-likeness (QED) is 0.882. The topological polar surface area (TPSA) is 55.4 Å². The Hall–Kier alpha value is -1.84. The molecule has 0 saturated carbocycles. The van der Waals surface area contributed by atoms with Crippen molar-refractivity contribution in [3.05, 3.63) is 29.8 Å². The number of para-hydroxylation sites is 1. The number of hydrogen-bond donors (Lipinski definition) is 1. The Bertz CT molecular complexity index is 612. The van der Waals surface area contributed by atoms with Gasteiger partial charge in [-0.1, -0.05) is 26.0 Å². The molecule has 0 spiro atoms. The highest BCUT2D eigenvalue weighted by molar-refractivity contribution is 6.02. The van der Waals surface area contributed by atoms with Crippen LogP contribution in [0.4, 0.5) is 0 Å². The number of fused-ring (bicyclic) bond motifs is 1. The lowest BCUT2D eigenvalue weighted by Crippen LogP contribution is -2.50. The van der Waals surface area contributed by atoms with Crippen molar-refractivity contribution in [3.63, 3.8) is 0 Å². The van der Waals surface area contributed by atoms with Crippen molar-refractivity contribution in [2.75, 3.05) is 0 Å². The third-order valence-electron chi connectivity index (χ3n) is 4.79. The van der Waals surface area contributed by atoms with Gasteiger partial charge in [-0.25, -0.2) is 0 Å². The summed E-state index contributed by atoms with van der Waals surface area (Å²) in [5, 5.41) is 2.97. The summed E-state index contributed by atoms with van der Waals surface area (Å²) in [4.78, 5) is 25.2. The number of ether oxygens (including phenoxy) is 1. The van der Waals surface area contributed by atoms with E-state index in [0.717, 1.165) is 12.8 Å². The number of nitrogens with one attached hydrogen (secondary N) is 1. The highest BCUT2D eigenvalue weighted by Crippen LogP contribution is 2.42. The van der Waals surface area contributed by atoms with Crippen molar-refractivity contribution in [1.29, 1.82) is 0 Å². The molecule has 24 heavy (non-hydrogen) atoms. The molecule has 132 valence electrons. The first-order valence-electron chi connectivity index (χ1n) is 8.85. The van der Waals surface area contributed by atoms with E-state index in [-0.39, 0.29) is 23.1 Å². The molecular formula is C20H29NO3. The molecule has 1 N–H and O–H groups in total. The zero-order valence-electron chi connectivity index (χ0n) is 15.4. The maximum atomic E-state index is 13.0. The largest absolute Gasteiger partial charge is 0.486 e. The zero-order valence-corrected chi connectivity index (χ0v) is 15.4. The first kappa shape index (κ1) is 18.5. The molecule has 1 aromatic rings. The van der Waals surface area contributed by atoms with E-state index in [1.807, 2.05) is 58.9 Å². The summed E-state index contributed by atoms with van der Waals surface area (Å²) in [6, 6.07) is 7.42. The van der Waals surface area contributed by atoms with Gasteiger partial charge in [-0.15, -0.1) is 0 Å². The lowest BCUT2D eigenvalue weighted by molar-refractivity contribution is -0.123. The fraction of sp³-hybridized carbons (Fsp3) is 0.600. The molecule has 1 aromatic carbocycles. The molecular weight excluding hydrogens is 302 g/mol. The van der Waals surface area contributed by atoms with Crippen LogP contribution in [0.1, 0.15) is 70.7 Å². The van der Waals surface area contributed by atoms with Crippen molar-refractivity contribution in [2.45, 2.75) is 71.4 Å². The van der Waals surface area contributed by atoms with Gasteiger partial charge in [0.1, 0.15) is 11.4 Å². The van der Waals surface area contributed by atoms with Crippen molar-refractivity contribution in [2.24, 2.45) is 5.92 Å². The Labute approximate surface area is 145 Å². The van der Waals surface area contributed by atoms with Crippen LogP contribution in [0.25, 0.3) is 0 Å². The molecule has 1 amide bonds. The van der Waals surface area contributed by atoms with E-state index < -0.39 is 5.60 Å². The second kappa shape index (κ2) is 6.96. The average Bonchev–Trinajstić information content (AvgIpc) is 2.52. The standard InChI is InChI=1S/C20H29NO3/c1-6-20(7-2)15(12-13-17(22)21-19(3,4)5)18(23)14-10-8-9-11-16(14)24-20/h8-11,15H,6-7,12-13H2,1-5H3,(H,21,22). The molecule has 1 aliphatic heterocycles. The number of carbonyl (C=O) groups excluding carboxylic acids is 2. The van der Waals surface area contributed by atoms with Crippen LogP contribution >= 0.6 is 0 Å². The van der Waals surface area contributed by atoms with Crippen molar-refractivity contribution < 1.29 is 14.3 Å². The van der Waals surface area contributed by atoms with Crippen molar-refractivity contribution >= 4 is 11.7 Å². The van der Waals surface area contributed by atoms with E-state index in [1.165, 1.54) is 0 Å². The summed E-state index contributed by atoms with van der Waals surface area (Å²) in [5.74, 6) is 0.467. The smallest absolute Gasteiger partial charge is 0.220 e. The molecule has 2 rings (SSSR count). The molecule has 0 saturated heterocycles. The fourth-order valence-corrected chi connectivity index (χ4v) is 3.51. The molecule has 0 bridgehead atoms. The van der Waals surface area contributed by atoms with Gasteiger partial charge in [0.25, 0.3) is 0 Å². The minimum atomic E-state index is -0.520. The summed E-state index contributed by atoms with van der Waals surface area (Å²) in [6.07, 6.45) is 2.34. The van der Waals surface area contributed by atoms with Crippen LogP contribution in [0.5, 0.6) is 5.75 Å². The van der Waals surface area contributed by atoms with E-state index in [0.29, 0.717) is 24.2 Å². The minimum absolute atomic E-state index is 0.0183. The second-order valence-corrected chi connectivity index (χ2v) is 7.62. The highest BCUT2D eigenvalue weighted by atomic mass is 16.5. The molecule has 0 aliphatic carbocycles. The summed E-state index contributed by atoms with van der Waals surface area (Å²) < 4.78 is 6.28. The Morgan fingerprint density at radius 1 is 1.21 bits per heavy atom. The highest BCUT2D eigenvalue weighted by Gasteiger charge is 2.47. The molecule has 0 fully saturated rings. The first-order chi connectivity index (χ1) is 11.2. The van der Waals surface area contributed by atoms with Gasteiger partial charge >= 0.3 is 0 Å². The Balaban J connectivity index is 2.22. The Kier molecular flexibility index (Phi) is 5.36. The van der Waals surface area contributed by atoms with Gasteiger partial charge in [-0.05, 0) is 52.2 Å². The predicted octanol–water partition coefficient (Wildman–Crippen LogP) is 4.13. The third-order valence-corrected chi connectivity index (χ3v) is 4.79. The van der Waals surface area contributed by atoms with Crippen LogP contribution in [0, 0.1) is 5.92 Å². The summed E-state index contributed by atoms with van der Waals surface area (Å²) in [6.45, 7) is 9.97. The molecule has 0 aromatic heterocycles. The molecule has 4 heteroatoms. The van der Waals surface area contributed by atoms with E-state index in [1.54, 1.807) is 0 Å². The van der Waals surface area contributed by atoms with Gasteiger partial charge in [0.05, 0.1) is 11.5 Å². The van der Waals surface area contributed by atoms with Crippen LogP contribution in [-0.2, 0) is 4.79 Å². The maximum absolute atomic E-state index is 13.0. The van der Waals surface area contributed by atoms with Gasteiger partial charge in [-0.3, -0.25) is 9.59 Å². The van der Waals surface area contributed by atoms with Gasteiger partial charge in [0.15, 0.2) is 5.78 Å². The number of rotatable bonds is 5. The SMILES string of the molecule is CCC1(CC)Oc2ccccc2C(=O)C1CCC(=O)NC(C)(C)C. The normalized spacial score (nSPS) is 19.4. The first-order valence-corrected chi connectivity index (χ1v) is 8.85. The second-order valence-electron chi connectivity index (χ2n) is 7.62. The average molecular weight is 331 g/mol. The number of benzene rings is 1. The summed E-state index contributed by atoms with van der Waals surface area (Å²) >= 11 is 0. The van der Waals surface area contributed by atoms with E-state index >= 15 is 0 Å². The molecule has 1 atom stereocenters. The number of amides is 1. The van der Waals surface area contributed by atoms with Crippen LogP contribution in [0.2, 0.25) is 0 Å². The van der Waals surface area contributed by atoms with Crippen LogP contribution in [0.3, 0.4) is 0 Å². The third kappa shape index (κ3) is 3.80. The van der Waals surface area contributed by atoms with Gasteiger partial charge in [0, 0.05) is 12.0 Å². The van der Waals surface area contributed by atoms with Crippen molar-refractivity contribution in [1.82, 2.24) is 5.32 Å². The predicted molar refractivity (Wildman–Crippen MR) is 95.3 cm³/mol. The van der Waals surface area contributed by atoms with E-state index in [9.17, 15) is 9.59 Å². The van der Waals surface area contributed by atoms with Gasteiger partial charge in [0.2, 0.25) is 5.91 Å². The maximum Gasteiger partial charge on any atom is 0.220 e. The van der Waals surface area contributed by atoms with Gasteiger partial charge < -0.3 is 10.1 Å². The Morgan fingerprint density at radius 2 is 1.83 bits per heavy atom. The summed E-state index contributed by atoms with van der Waals surface area (Å²) in [5.41, 5.74) is -0.146. The molecule has 1 heterocycles. The van der Waals surface area contributed by atoms with Gasteiger partial charge in [-0.2, -0.15) is 0 Å². The lowest BCUT2D eigenvalue weighted by atomic mass is 9.73. The van der Waals surface area contributed by atoms with Crippen LogP contribution in [0.15, 0.2) is 24.3 Å². The minimum Gasteiger partial charge on any atom is -0.486 e. The number of carbonyl (C=O) groups is 2. The molecule has 4 nitrogen and oxygen atoms in total. The van der Waals surface area contributed by atoms with E-state index in [2.05, 4.69) is 5.32 Å². The summed E-state index contributed by atoms with van der Waals surface area (Å²) in [7, 11) is 0. The van der Waals surface area contributed by atoms with Crippen LogP contribution in [-0.4, -0.2) is 22.8 Å². The molecule has 0 radical (unpaired) electrons. The number of hydrogen-bond acceptors (Lipinski definition) is 3. The monoisotopic (exact) mass is 331 g/mol. The lowest BCUT2D eigenvalue weighted by Gasteiger charge is -2.43. The fourth-order valence-electron chi connectivity index (χ4n) is 3.51. The number of Topliss-reactive ketones (excluding diaryl/α,β-unsaturated/α-hetero) is 1. The molecule has 1 unspecified atom stereocenters. The van der Waals surface area contributed by atoms with E-state index in [4.69, 9.17) is 4.74 Å². The molecule has 1 aliphatic rings.